The number of nitrogens with zero attached hydrogens (tertiary/aromatic N) is 2. The molecule has 0 saturated heterocycles. The molecule has 2 rings (SSSR count). The van der Waals surface area contributed by atoms with Crippen LogP contribution in [0.1, 0.15) is 58.4 Å². The van der Waals surface area contributed by atoms with Gasteiger partial charge in [-0.3, -0.25) is 29.2 Å². The summed E-state index contributed by atoms with van der Waals surface area (Å²) in [5, 5.41) is 18.7. The van der Waals surface area contributed by atoms with E-state index in [1.807, 2.05) is 13.8 Å². The molecule has 53 heavy (non-hydrogen) atoms. The molecule has 0 aliphatic heterocycles. The Morgan fingerprint density at radius 3 is 1.79 bits per heavy atom. The molecule has 0 unspecified atom stereocenters. The summed E-state index contributed by atoms with van der Waals surface area (Å²) < 4.78 is 37.0. The van der Waals surface area contributed by atoms with Crippen molar-refractivity contribution in [2.45, 2.75) is 84.1 Å². The second-order valence-electron chi connectivity index (χ2n) is 12.2. The van der Waals surface area contributed by atoms with Gasteiger partial charge in [0.25, 0.3) is 0 Å². The van der Waals surface area contributed by atoms with Gasteiger partial charge in [-0.2, -0.15) is 13.2 Å². The van der Waals surface area contributed by atoms with E-state index in [4.69, 9.17) is 37.3 Å². The van der Waals surface area contributed by atoms with Gasteiger partial charge in [-0.05, 0) is 62.6 Å². The number of carboxylic acid groups (broad SMARTS) is 1. The van der Waals surface area contributed by atoms with Crippen molar-refractivity contribution >= 4 is 58.2 Å². The molecule has 13 N–H and O–H groups in total. The molecule has 1 aromatic carbocycles. The third kappa shape index (κ3) is 17.7. The summed E-state index contributed by atoms with van der Waals surface area (Å²) in [5.74, 6) is -5.09. The second kappa shape index (κ2) is 21.5. The number of halogens is 3. The molecule has 1 aromatic heterocycles. The van der Waals surface area contributed by atoms with Crippen molar-refractivity contribution in [2.75, 3.05) is 18.4 Å². The van der Waals surface area contributed by atoms with Crippen LogP contribution < -0.4 is 49.8 Å². The van der Waals surface area contributed by atoms with Crippen LogP contribution in [-0.2, 0) is 24.0 Å². The Morgan fingerprint density at radius 2 is 1.32 bits per heavy atom. The Labute approximate surface area is 302 Å². The maximum absolute atomic E-state index is 13.6. The van der Waals surface area contributed by atoms with Crippen LogP contribution in [-0.4, -0.2) is 84.0 Å². The highest BCUT2D eigenvalue weighted by Gasteiger charge is 2.38. The van der Waals surface area contributed by atoms with Crippen molar-refractivity contribution < 1.29 is 46.7 Å². The van der Waals surface area contributed by atoms with Crippen molar-refractivity contribution in [1.29, 1.82) is 0 Å². The van der Waals surface area contributed by atoms with Gasteiger partial charge in [-0.25, -0.2) is 9.59 Å². The van der Waals surface area contributed by atoms with Crippen LogP contribution in [0.2, 0.25) is 0 Å². The van der Waals surface area contributed by atoms with Gasteiger partial charge in [-0.15, -0.1) is 0 Å². The average Bonchev–Trinajstić information content (AvgIpc) is 3.02. The van der Waals surface area contributed by atoms with E-state index in [9.17, 15) is 37.1 Å². The lowest BCUT2D eigenvalue weighted by molar-refractivity contribution is -0.192. The number of nitrogens with two attached hydrogens (primary N) is 4. The zero-order valence-corrected chi connectivity index (χ0v) is 29.7. The summed E-state index contributed by atoms with van der Waals surface area (Å²) in [5.41, 5.74) is 22.4. The predicted molar refractivity (Wildman–Crippen MR) is 190 cm³/mol. The Morgan fingerprint density at radius 1 is 0.830 bits per heavy atom. The van der Waals surface area contributed by atoms with Gasteiger partial charge in [0.05, 0.1) is 0 Å². The molecule has 18 nitrogen and oxygen atoms in total. The lowest BCUT2D eigenvalue weighted by Gasteiger charge is -2.26. The number of carbonyl (C=O) groups is 5. The molecule has 0 spiro atoms. The van der Waals surface area contributed by atoms with E-state index in [-0.39, 0.29) is 50.2 Å². The number of alkyl halides is 3. The molecule has 0 aliphatic rings. The van der Waals surface area contributed by atoms with Gasteiger partial charge in [-0.1, -0.05) is 13.8 Å². The number of benzene rings is 1. The van der Waals surface area contributed by atoms with E-state index < -0.39 is 59.5 Å². The van der Waals surface area contributed by atoms with Crippen molar-refractivity contribution in [3.05, 3.63) is 40.2 Å². The zero-order chi connectivity index (χ0) is 40.5. The average molecular weight is 757 g/mol. The number of fused-ring (bicyclic) bond motifs is 1. The molecule has 294 valence electrons. The normalized spacial score (nSPS) is 12.6. The second-order valence-corrected chi connectivity index (χ2v) is 12.2. The monoisotopic (exact) mass is 756 g/mol. The minimum Gasteiger partial charge on any atom is -0.475 e. The molecule has 0 aliphatic carbocycles. The number of carbonyl (C=O) groups excluding carboxylic acids is 4. The first-order valence-electron chi connectivity index (χ1n) is 16.2. The third-order valence-corrected chi connectivity index (χ3v) is 7.02. The summed E-state index contributed by atoms with van der Waals surface area (Å²) in [6, 6.07) is 3.27. The maximum Gasteiger partial charge on any atom is 0.490 e. The SMILES string of the molecule is CC(=O)N[C@@H](CCCN=C(N)N)C(=O)N[C@@H](CC(C)C)C(=O)N[C@@H](CCCN=C(N)N)C(=O)Nc1ccc2c(C)cc(=O)oc2c1.O=C(O)C(F)(F)F. The minimum absolute atomic E-state index is 0.0120. The first-order chi connectivity index (χ1) is 24.6. The fourth-order valence-corrected chi connectivity index (χ4v) is 4.67. The Hall–Kier alpha value is -5.89. The number of aryl methyl sites for hydroxylation is 1. The molecule has 3 atom stereocenters. The van der Waals surface area contributed by atoms with E-state index in [2.05, 4.69) is 31.3 Å². The third-order valence-electron chi connectivity index (χ3n) is 7.02. The quantitative estimate of drug-likeness (QED) is 0.0456. The Kier molecular flexibility index (Phi) is 18.3. The molecule has 0 fully saturated rings. The van der Waals surface area contributed by atoms with Crippen LogP contribution in [0.25, 0.3) is 11.0 Å². The Balaban J connectivity index is 0.00000181. The molecular weight excluding hydrogens is 709 g/mol. The molecule has 0 saturated carbocycles. The molecule has 4 amide bonds. The zero-order valence-electron chi connectivity index (χ0n) is 29.7. The Bertz CT molecular complexity index is 1700. The molecule has 2 aromatic rings. The number of aliphatic imine (C=N–C) groups is 2. The van der Waals surface area contributed by atoms with E-state index in [1.165, 1.54) is 19.1 Å². The van der Waals surface area contributed by atoms with Crippen LogP contribution in [0.5, 0.6) is 0 Å². The number of nitrogens with one attached hydrogen (secondary N) is 4. The molecule has 0 radical (unpaired) electrons. The molecular formula is C32H47F3N10O8. The molecule has 1 heterocycles. The summed E-state index contributed by atoms with van der Waals surface area (Å²) in [7, 11) is 0. The van der Waals surface area contributed by atoms with Crippen LogP contribution in [0.4, 0.5) is 18.9 Å². The number of amides is 4. The number of hydrogen-bond acceptors (Lipinski definition) is 9. The highest BCUT2D eigenvalue weighted by atomic mass is 19.4. The number of guanidine groups is 2. The summed E-state index contributed by atoms with van der Waals surface area (Å²) in [6.07, 6.45) is -3.70. The number of anilines is 1. The standard InChI is InChI=1S/C30H46N10O6.C2HF3O2/c1-16(2)13-23(40-27(44)21(37-18(4)41)7-5-11-35-29(31)32)28(45)39-22(8-6-12-36-30(33)34)26(43)38-19-9-10-20-17(3)14-25(42)46-24(20)15-19;3-2(4,5)1(6)7/h9-10,14-16,21-23H,5-8,11-13H2,1-4H3,(H,37,41)(H,38,43)(H,39,45)(H,40,44)(H4,31,32,35)(H4,33,34,36);(H,6,7)/t21-,22-,23-;/m0./s1. The summed E-state index contributed by atoms with van der Waals surface area (Å²) in [4.78, 5) is 80.7. The number of rotatable bonds is 17. The maximum atomic E-state index is 13.6. The van der Waals surface area contributed by atoms with Crippen molar-refractivity contribution in [3.8, 4) is 0 Å². The van der Waals surface area contributed by atoms with Gasteiger partial charge >= 0.3 is 17.8 Å². The van der Waals surface area contributed by atoms with Crippen molar-refractivity contribution in [1.82, 2.24) is 16.0 Å². The van der Waals surface area contributed by atoms with Crippen LogP contribution >= 0.6 is 0 Å². The largest absolute Gasteiger partial charge is 0.490 e. The highest BCUT2D eigenvalue weighted by molar-refractivity contribution is 6.00. The van der Waals surface area contributed by atoms with Gasteiger partial charge in [0.15, 0.2) is 11.9 Å². The van der Waals surface area contributed by atoms with Crippen molar-refractivity contribution in [3.63, 3.8) is 0 Å². The van der Waals surface area contributed by atoms with Crippen LogP contribution in [0, 0.1) is 12.8 Å². The molecule has 21 heteroatoms. The lowest BCUT2D eigenvalue weighted by Crippen LogP contribution is -2.56. The van der Waals surface area contributed by atoms with Crippen LogP contribution in [0.3, 0.4) is 0 Å². The van der Waals surface area contributed by atoms with E-state index in [1.54, 1.807) is 19.1 Å². The van der Waals surface area contributed by atoms with E-state index >= 15 is 0 Å². The first-order valence-corrected chi connectivity index (χ1v) is 16.2. The van der Waals surface area contributed by atoms with Gasteiger partial charge in [0, 0.05) is 43.2 Å². The minimum atomic E-state index is -5.08. The topological polar surface area (TPSA) is 313 Å². The first kappa shape index (κ1) is 45.1. The summed E-state index contributed by atoms with van der Waals surface area (Å²) in [6.45, 7) is 7.29. The summed E-state index contributed by atoms with van der Waals surface area (Å²) >= 11 is 0. The fraction of sp³-hybridized carbons (Fsp3) is 0.500. The van der Waals surface area contributed by atoms with E-state index in [0.717, 1.165) is 5.56 Å². The highest BCUT2D eigenvalue weighted by Crippen LogP contribution is 2.21. The predicted octanol–water partition coefficient (Wildman–Crippen LogP) is 0.301. The number of hydrogen-bond donors (Lipinski definition) is 9. The number of carboxylic acids is 1. The van der Waals surface area contributed by atoms with Gasteiger partial charge < -0.3 is 53.7 Å². The molecule has 0 bridgehead atoms. The smallest absolute Gasteiger partial charge is 0.475 e. The number of aliphatic carboxylic acids is 1. The fourth-order valence-electron chi connectivity index (χ4n) is 4.67. The van der Waals surface area contributed by atoms with Gasteiger partial charge in [0.2, 0.25) is 23.6 Å². The lowest BCUT2D eigenvalue weighted by atomic mass is 10.0. The van der Waals surface area contributed by atoms with Crippen molar-refractivity contribution in [2.24, 2.45) is 38.8 Å². The van der Waals surface area contributed by atoms with Gasteiger partial charge in [0.1, 0.15) is 23.7 Å². The van der Waals surface area contributed by atoms with Crippen LogP contribution in [0.15, 0.2) is 43.5 Å². The van der Waals surface area contributed by atoms with E-state index in [0.29, 0.717) is 29.5 Å².